The Morgan fingerprint density at radius 3 is 2.55 bits per heavy atom. The molecular weight excluding hydrogens is 369 g/mol. The van der Waals surface area contributed by atoms with Crippen LogP contribution in [0.2, 0.25) is 0 Å². The molecule has 1 N–H and O–H groups in total. The van der Waals surface area contributed by atoms with Crippen LogP contribution in [-0.4, -0.2) is 25.7 Å². The number of amides is 1. The maximum Gasteiger partial charge on any atom is 0.269 e. The van der Waals surface area contributed by atoms with Crippen molar-refractivity contribution < 1.29 is 9.18 Å². The molecule has 0 aliphatic heterocycles. The van der Waals surface area contributed by atoms with E-state index in [1.165, 1.54) is 16.8 Å². The van der Waals surface area contributed by atoms with Crippen LogP contribution in [0.1, 0.15) is 16.1 Å². The van der Waals surface area contributed by atoms with Crippen molar-refractivity contribution in [1.29, 1.82) is 0 Å². The maximum atomic E-state index is 13.1. The molecule has 1 aromatic carbocycles. The van der Waals surface area contributed by atoms with E-state index < -0.39 is 0 Å². The first-order valence-electron chi connectivity index (χ1n) is 9.03. The first-order chi connectivity index (χ1) is 14.1. The summed E-state index contributed by atoms with van der Waals surface area (Å²) in [6.07, 6.45) is 5.20. The average molecular weight is 387 g/mol. The van der Waals surface area contributed by atoms with Gasteiger partial charge in [-0.25, -0.2) is 4.39 Å². The van der Waals surface area contributed by atoms with Gasteiger partial charge in [-0.2, -0.15) is 5.10 Å². The lowest BCUT2D eigenvalue weighted by molar-refractivity contribution is 0.0941. The maximum absolute atomic E-state index is 13.1. The van der Waals surface area contributed by atoms with Crippen molar-refractivity contribution in [2.24, 2.45) is 7.05 Å². The molecule has 3 heterocycles. The summed E-state index contributed by atoms with van der Waals surface area (Å²) >= 11 is 0. The van der Waals surface area contributed by atoms with E-state index in [0.717, 1.165) is 22.4 Å². The number of nitrogens with zero attached hydrogens (tertiary/aromatic N) is 4. The number of carbonyl (C=O) groups is 1. The van der Waals surface area contributed by atoms with Crippen molar-refractivity contribution in [2.45, 2.75) is 6.54 Å². The lowest BCUT2D eigenvalue weighted by atomic mass is 10.1. The molecule has 0 aliphatic rings. The van der Waals surface area contributed by atoms with Crippen LogP contribution in [-0.2, 0) is 13.6 Å². The quantitative estimate of drug-likeness (QED) is 0.568. The summed E-state index contributed by atoms with van der Waals surface area (Å²) in [5.41, 5.74) is 4.42. The first kappa shape index (κ1) is 18.5. The molecule has 7 heteroatoms. The number of carbonyl (C=O) groups excluding carboxylic acids is 1. The van der Waals surface area contributed by atoms with Crippen molar-refractivity contribution in [3.05, 3.63) is 90.3 Å². The molecule has 0 saturated carbocycles. The van der Waals surface area contributed by atoms with Crippen molar-refractivity contribution in [2.75, 3.05) is 0 Å². The van der Waals surface area contributed by atoms with Gasteiger partial charge in [0.2, 0.25) is 0 Å². The van der Waals surface area contributed by atoms with Crippen molar-refractivity contribution in [3.63, 3.8) is 0 Å². The number of rotatable bonds is 5. The van der Waals surface area contributed by atoms with E-state index in [1.54, 1.807) is 43.8 Å². The summed E-state index contributed by atoms with van der Waals surface area (Å²) < 4.78 is 14.6. The van der Waals surface area contributed by atoms with Gasteiger partial charge in [0.05, 0.1) is 11.4 Å². The normalized spacial score (nSPS) is 10.7. The molecule has 29 heavy (non-hydrogen) atoms. The van der Waals surface area contributed by atoms with Gasteiger partial charge in [-0.1, -0.05) is 6.07 Å². The smallest absolute Gasteiger partial charge is 0.269 e. The molecule has 0 bridgehead atoms. The van der Waals surface area contributed by atoms with E-state index in [0.29, 0.717) is 17.9 Å². The van der Waals surface area contributed by atoms with Crippen molar-refractivity contribution in [3.8, 4) is 22.5 Å². The summed E-state index contributed by atoms with van der Waals surface area (Å²) in [5.74, 6) is -0.560. The Balaban J connectivity index is 1.43. The van der Waals surface area contributed by atoms with Gasteiger partial charge < -0.3 is 5.32 Å². The van der Waals surface area contributed by atoms with Gasteiger partial charge in [0.25, 0.3) is 5.91 Å². The highest BCUT2D eigenvalue weighted by atomic mass is 19.1. The molecule has 4 rings (SSSR count). The Kier molecular flexibility index (Phi) is 5.11. The molecule has 3 aromatic heterocycles. The van der Waals surface area contributed by atoms with Crippen molar-refractivity contribution in [1.82, 2.24) is 25.1 Å². The van der Waals surface area contributed by atoms with Crippen LogP contribution in [0.25, 0.3) is 22.5 Å². The first-order valence-corrected chi connectivity index (χ1v) is 9.03. The number of hydrogen-bond donors (Lipinski definition) is 1. The van der Waals surface area contributed by atoms with E-state index in [2.05, 4.69) is 20.4 Å². The number of aromatic nitrogens is 4. The molecule has 1 amide bonds. The van der Waals surface area contributed by atoms with E-state index >= 15 is 0 Å². The van der Waals surface area contributed by atoms with Gasteiger partial charge in [-0.15, -0.1) is 0 Å². The van der Waals surface area contributed by atoms with E-state index in [9.17, 15) is 9.18 Å². The number of benzene rings is 1. The zero-order valence-electron chi connectivity index (χ0n) is 15.7. The Bertz CT molecular complexity index is 1120. The zero-order valence-corrected chi connectivity index (χ0v) is 15.7. The van der Waals surface area contributed by atoms with Crippen LogP contribution in [0.5, 0.6) is 0 Å². The second-order valence-corrected chi connectivity index (χ2v) is 6.52. The predicted molar refractivity (Wildman–Crippen MR) is 107 cm³/mol. The Morgan fingerprint density at radius 2 is 1.86 bits per heavy atom. The van der Waals surface area contributed by atoms with E-state index in [4.69, 9.17) is 0 Å². The van der Waals surface area contributed by atoms with Crippen LogP contribution >= 0.6 is 0 Å². The van der Waals surface area contributed by atoms with Gasteiger partial charge in [0, 0.05) is 43.3 Å². The van der Waals surface area contributed by atoms with Crippen LogP contribution in [0, 0.1) is 5.82 Å². The molecule has 6 nitrogen and oxygen atoms in total. The second kappa shape index (κ2) is 8.02. The van der Waals surface area contributed by atoms with Crippen LogP contribution in [0.15, 0.2) is 73.2 Å². The van der Waals surface area contributed by atoms with Crippen LogP contribution < -0.4 is 5.32 Å². The molecule has 4 aromatic rings. The molecular formula is C22H18FN5O. The number of aryl methyl sites for hydroxylation is 1. The minimum Gasteiger partial charge on any atom is -0.347 e. The zero-order chi connectivity index (χ0) is 20.2. The highest BCUT2D eigenvalue weighted by Gasteiger charge is 2.14. The summed E-state index contributed by atoms with van der Waals surface area (Å²) in [7, 11) is 1.70. The molecule has 0 spiro atoms. The lowest BCUT2D eigenvalue weighted by Crippen LogP contribution is -2.25. The summed E-state index contributed by atoms with van der Waals surface area (Å²) in [6.45, 7) is 0.343. The highest BCUT2D eigenvalue weighted by Crippen LogP contribution is 2.19. The molecule has 0 fully saturated rings. The third kappa shape index (κ3) is 4.19. The SMILES string of the molecule is Cn1nc(-c2ccc(F)cc2)cc1C(=O)NCc1ccc(-c2cccnc2)nc1. The van der Waals surface area contributed by atoms with Gasteiger partial charge in [0.1, 0.15) is 11.5 Å². The molecule has 0 radical (unpaired) electrons. The fourth-order valence-corrected chi connectivity index (χ4v) is 2.93. The number of nitrogens with one attached hydrogen (secondary N) is 1. The fourth-order valence-electron chi connectivity index (χ4n) is 2.93. The van der Waals surface area contributed by atoms with Gasteiger partial charge in [0.15, 0.2) is 0 Å². The van der Waals surface area contributed by atoms with Crippen LogP contribution in [0.4, 0.5) is 4.39 Å². The highest BCUT2D eigenvalue weighted by molar-refractivity contribution is 5.93. The molecule has 0 unspecified atom stereocenters. The topological polar surface area (TPSA) is 72.7 Å². The van der Waals surface area contributed by atoms with Gasteiger partial charge in [-0.05, 0) is 54.1 Å². The summed E-state index contributed by atoms with van der Waals surface area (Å²) in [6, 6.07) is 15.3. The molecule has 0 aliphatic carbocycles. The summed E-state index contributed by atoms with van der Waals surface area (Å²) in [5, 5.41) is 7.22. The Hall–Kier alpha value is -3.87. The number of pyridine rings is 2. The van der Waals surface area contributed by atoms with E-state index in [1.807, 2.05) is 24.3 Å². The third-order valence-corrected chi connectivity index (χ3v) is 4.49. The van der Waals surface area contributed by atoms with Gasteiger partial charge >= 0.3 is 0 Å². The standard InChI is InChI=1S/C22H18FN5O/c1-28-21(11-20(27-28)16-5-7-18(23)8-6-16)22(29)26-13-15-4-9-19(25-12-15)17-3-2-10-24-14-17/h2-12,14H,13H2,1H3,(H,26,29). The number of halogens is 1. The molecule has 0 atom stereocenters. The molecule has 0 saturated heterocycles. The lowest BCUT2D eigenvalue weighted by Gasteiger charge is -2.06. The fraction of sp³-hybridized carbons (Fsp3) is 0.0909. The van der Waals surface area contributed by atoms with Crippen molar-refractivity contribution >= 4 is 5.91 Å². The Morgan fingerprint density at radius 1 is 1.03 bits per heavy atom. The third-order valence-electron chi connectivity index (χ3n) is 4.49. The Labute approximate surface area is 167 Å². The average Bonchev–Trinajstić information content (AvgIpc) is 3.15. The van der Waals surface area contributed by atoms with Crippen LogP contribution in [0.3, 0.4) is 0 Å². The van der Waals surface area contributed by atoms with Gasteiger partial charge in [-0.3, -0.25) is 19.4 Å². The number of hydrogen-bond acceptors (Lipinski definition) is 4. The molecule has 144 valence electrons. The van der Waals surface area contributed by atoms with E-state index in [-0.39, 0.29) is 11.7 Å². The second-order valence-electron chi connectivity index (χ2n) is 6.52. The minimum absolute atomic E-state index is 0.246. The largest absolute Gasteiger partial charge is 0.347 e. The summed E-state index contributed by atoms with van der Waals surface area (Å²) in [4.78, 5) is 21.1. The minimum atomic E-state index is -0.314. The monoisotopic (exact) mass is 387 g/mol. The predicted octanol–water partition coefficient (Wildman–Crippen LogP) is 3.61.